The van der Waals surface area contributed by atoms with E-state index in [4.69, 9.17) is 0 Å². The van der Waals surface area contributed by atoms with Gasteiger partial charge in [-0.05, 0) is 66.6 Å². The minimum absolute atomic E-state index is 0.0305. The maximum absolute atomic E-state index is 14.4. The zero-order chi connectivity index (χ0) is 18.7. The summed E-state index contributed by atoms with van der Waals surface area (Å²) in [5.41, 5.74) is 1.01. The molecule has 2 heterocycles. The van der Waals surface area contributed by atoms with Crippen LogP contribution in [0.1, 0.15) is 18.4 Å². The third-order valence-electron chi connectivity index (χ3n) is 4.63. The molecule has 1 saturated heterocycles. The Hall–Kier alpha value is -1.99. The van der Waals surface area contributed by atoms with Crippen molar-refractivity contribution in [3.05, 3.63) is 52.5 Å². The largest absolute Gasteiger partial charge is 0.338 e. The Morgan fingerprint density at radius 3 is 2.88 bits per heavy atom. The highest BCUT2D eigenvalue weighted by atomic mass is 79.9. The lowest BCUT2D eigenvalue weighted by Gasteiger charge is -2.35. The molecule has 1 aromatic carbocycles. The molecule has 1 aliphatic rings. The highest BCUT2D eigenvalue weighted by molar-refractivity contribution is 9.10. The van der Waals surface area contributed by atoms with Gasteiger partial charge >= 0.3 is 0 Å². The second-order valence-corrected chi connectivity index (χ2v) is 7.61. The van der Waals surface area contributed by atoms with Crippen LogP contribution in [0.25, 0.3) is 11.8 Å². The molecule has 2 aromatic rings. The van der Waals surface area contributed by atoms with Crippen LogP contribution in [0.15, 0.2) is 41.1 Å². The Labute approximate surface area is 161 Å². The summed E-state index contributed by atoms with van der Waals surface area (Å²) in [6.07, 6.45) is 8.59. The maximum atomic E-state index is 14.4. The van der Waals surface area contributed by atoms with Gasteiger partial charge < -0.3 is 9.80 Å². The molecule has 138 valence electrons. The standard InChI is InChI=1S/C19H22BrFN4O/c1-23(2)16-4-3-9-24(13-16)19(26)8-6-14-5-7-18(17(21)10-14)25-12-15(20)11-22-25/h5-8,10-12,16H,3-4,9,13H2,1-2H3/b8-6+. The van der Waals surface area contributed by atoms with Crippen LogP contribution in [0.3, 0.4) is 0 Å². The lowest BCUT2D eigenvalue weighted by molar-refractivity contribution is -0.127. The third kappa shape index (κ3) is 4.40. The van der Waals surface area contributed by atoms with Gasteiger partial charge in [0.1, 0.15) is 11.5 Å². The molecule has 1 amide bonds. The Balaban J connectivity index is 1.68. The Morgan fingerprint density at radius 1 is 1.42 bits per heavy atom. The Kier molecular flexibility index (Phi) is 5.88. The van der Waals surface area contributed by atoms with Crippen LogP contribution in [-0.4, -0.2) is 58.7 Å². The molecule has 26 heavy (non-hydrogen) atoms. The summed E-state index contributed by atoms with van der Waals surface area (Å²) >= 11 is 3.30. The summed E-state index contributed by atoms with van der Waals surface area (Å²) in [6.45, 7) is 1.51. The number of piperidine rings is 1. The first-order valence-corrected chi connectivity index (χ1v) is 9.37. The molecule has 0 saturated carbocycles. The van der Waals surface area contributed by atoms with Crippen LogP contribution < -0.4 is 0 Å². The molecule has 0 aliphatic carbocycles. The van der Waals surface area contributed by atoms with E-state index in [0.717, 1.165) is 30.4 Å². The molecule has 1 aliphatic heterocycles. The predicted octanol–water partition coefficient (Wildman–Crippen LogP) is 3.34. The number of benzene rings is 1. The van der Waals surface area contributed by atoms with Crippen LogP contribution in [-0.2, 0) is 4.79 Å². The molecular weight excluding hydrogens is 399 g/mol. The fraction of sp³-hybridized carbons (Fsp3) is 0.368. The minimum atomic E-state index is -0.388. The molecule has 5 nitrogen and oxygen atoms in total. The van der Waals surface area contributed by atoms with Gasteiger partial charge in [0.2, 0.25) is 5.91 Å². The molecule has 0 bridgehead atoms. The summed E-state index contributed by atoms with van der Waals surface area (Å²) < 4.78 is 16.6. The zero-order valence-corrected chi connectivity index (χ0v) is 16.5. The predicted molar refractivity (Wildman–Crippen MR) is 104 cm³/mol. The number of aromatic nitrogens is 2. The van der Waals surface area contributed by atoms with Crippen molar-refractivity contribution in [3.8, 4) is 5.69 Å². The first-order chi connectivity index (χ1) is 12.4. The quantitative estimate of drug-likeness (QED) is 0.712. The average molecular weight is 421 g/mol. The van der Waals surface area contributed by atoms with Gasteiger partial charge in [-0.3, -0.25) is 4.79 Å². The summed E-state index contributed by atoms with van der Waals surface area (Å²) in [4.78, 5) is 16.4. The van der Waals surface area contributed by atoms with Crippen molar-refractivity contribution in [1.29, 1.82) is 0 Å². The van der Waals surface area contributed by atoms with E-state index in [2.05, 4.69) is 25.9 Å². The van der Waals surface area contributed by atoms with E-state index in [1.165, 1.54) is 16.8 Å². The molecule has 3 rings (SSSR count). The van der Waals surface area contributed by atoms with Gasteiger partial charge in [0, 0.05) is 31.4 Å². The number of likely N-dealkylation sites (N-methyl/N-ethyl adjacent to an activating group) is 1. The number of hydrogen-bond donors (Lipinski definition) is 0. The SMILES string of the molecule is CN(C)C1CCCN(C(=O)/C=C/c2ccc(-n3cc(Br)cn3)c(F)c2)C1. The average Bonchev–Trinajstić information content (AvgIpc) is 3.06. The van der Waals surface area contributed by atoms with Gasteiger partial charge in [-0.1, -0.05) is 6.07 Å². The first kappa shape index (κ1) is 18.8. The minimum Gasteiger partial charge on any atom is -0.338 e. The molecule has 1 aromatic heterocycles. The number of nitrogens with zero attached hydrogens (tertiary/aromatic N) is 4. The topological polar surface area (TPSA) is 41.4 Å². The highest BCUT2D eigenvalue weighted by Crippen LogP contribution is 2.18. The van der Waals surface area contributed by atoms with E-state index >= 15 is 0 Å². The molecule has 1 fully saturated rings. The van der Waals surface area contributed by atoms with E-state index in [9.17, 15) is 9.18 Å². The lowest BCUT2D eigenvalue weighted by atomic mass is 10.0. The number of amides is 1. The van der Waals surface area contributed by atoms with E-state index in [1.54, 1.807) is 30.6 Å². The molecule has 1 atom stereocenters. The molecule has 0 radical (unpaired) electrons. The zero-order valence-electron chi connectivity index (χ0n) is 14.9. The molecule has 0 N–H and O–H groups in total. The number of halogens is 2. The summed E-state index contributed by atoms with van der Waals surface area (Å²) in [6, 6.07) is 5.23. The Morgan fingerprint density at radius 2 is 2.23 bits per heavy atom. The van der Waals surface area contributed by atoms with Crippen LogP contribution in [0.5, 0.6) is 0 Å². The van der Waals surface area contributed by atoms with Gasteiger partial charge in [0.25, 0.3) is 0 Å². The summed E-state index contributed by atoms with van der Waals surface area (Å²) in [5, 5.41) is 4.08. The number of hydrogen-bond acceptors (Lipinski definition) is 3. The number of likely N-dealkylation sites (tertiary alicyclic amines) is 1. The number of rotatable bonds is 4. The van der Waals surface area contributed by atoms with Gasteiger partial charge in [0.05, 0.1) is 10.7 Å². The van der Waals surface area contributed by atoms with Gasteiger partial charge in [-0.25, -0.2) is 9.07 Å². The normalized spacial score (nSPS) is 18.0. The van der Waals surface area contributed by atoms with Crippen molar-refractivity contribution >= 4 is 27.9 Å². The molecular formula is C19H22BrFN4O. The fourth-order valence-electron chi connectivity index (χ4n) is 3.09. The van der Waals surface area contributed by atoms with E-state index < -0.39 is 0 Å². The second-order valence-electron chi connectivity index (χ2n) is 6.69. The second kappa shape index (κ2) is 8.14. The Bertz CT molecular complexity index is 818. The lowest BCUT2D eigenvalue weighted by Crippen LogP contribution is -2.47. The van der Waals surface area contributed by atoms with Crippen molar-refractivity contribution < 1.29 is 9.18 Å². The molecule has 0 spiro atoms. The summed E-state index contributed by atoms with van der Waals surface area (Å²) in [5.74, 6) is -0.419. The van der Waals surface area contributed by atoms with Gasteiger partial charge in [-0.15, -0.1) is 0 Å². The van der Waals surface area contributed by atoms with Crippen molar-refractivity contribution in [2.75, 3.05) is 27.2 Å². The van der Waals surface area contributed by atoms with E-state index in [-0.39, 0.29) is 11.7 Å². The van der Waals surface area contributed by atoms with Gasteiger partial charge in [-0.2, -0.15) is 5.10 Å². The van der Waals surface area contributed by atoms with Crippen LogP contribution in [0.2, 0.25) is 0 Å². The van der Waals surface area contributed by atoms with E-state index in [1.807, 2.05) is 19.0 Å². The van der Waals surface area contributed by atoms with Crippen LogP contribution in [0, 0.1) is 5.82 Å². The third-order valence-corrected chi connectivity index (χ3v) is 5.04. The van der Waals surface area contributed by atoms with Crippen LogP contribution >= 0.6 is 15.9 Å². The van der Waals surface area contributed by atoms with Crippen molar-refractivity contribution in [3.63, 3.8) is 0 Å². The summed E-state index contributed by atoms with van der Waals surface area (Å²) in [7, 11) is 4.08. The highest BCUT2D eigenvalue weighted by Gasteiger charge is 2.23. The van der Waals surface area contributed by atoms with Crippen molar-refractivity contribution in [1.82, 2.24) is 19.6 Å². The monoisotopic (exact) mass is 420 g/mol. The van der Waals surface area contributed by atoms with Crippen LogP contribution in [0.4, 0.5) is 4.39 Å². The molecule has 7 heteroatoms. The van der Waals surface area contributed by atoms with Crippen molar-refractivity contribution in [2.24, 2.45) is 0 Å². The van der Waals surface area contributed by atoms with Crippen molar-refractivity contribution in [2.45, 2.75) is 18.9 Å². The maximum Gasteiger partial charge on any atom is 0.246 e. The van der Waals surface area contributed by atoms with Gasteiger partial charge in [0.15, 0.2) is 0 Å². The number of carbonyl (C=O) groups is 1. The fourth-order valence-corrected chi connectivity index (χ4v) is 3.38. The number of carbonyl (C=O) groups excluding carboxylic acids is 1. The molecule has 1 unspecified atom stereocenters. The smallest absolute Gasteiger partial charge is 0.246 e. The first-order valence-electron chi connectivity index (χ1n) is 8.57. The van der Waals surface area contributed by atoms with E-state index in [0.29, 0.717) is 17.3 Å².